The summed E-state index contributed by atoms with van der Waals surface area (Å²) in [6, 6.07) is 8.92. The first kappa shape index (κ1) is 30.6. The van der Waals surface area contributed by atoms with Gasteiger partial charge in [0.2, 0.25) is 9.05 Å². The molecule has 0 amide bonds. The first-order chi connectivity index (χ1) is 14.3. The van der Waals surface area contributed by atoms with Gasteiger partial charge < -0.3 is 5.11 Å². The van der Waals surface area contributed by atoms with Gasteiger partial charge in [0.05, 0.1) is 6.26 Å². The van der Waals surface area contributed by atoms with Gasteiger partial charge in [0.15, 0.2) is 0 Å². The second kappa shape index (κ2) is 15.4. The van der Waals surface area contributed by atoms with Gasteiger partial charge in [-0.1, -0.05) is 69.5 Å². The second-order valence-corrected chi connectivity index (χ2v) is 12.3. The van der Waals surface area contributed by atoms with Gasteiger partial charge in [0, 0.05) is 26.2 Å². The highest BCUT2D eigenvalue weighted by atomic mass is 79.9. The SMILES string of the molecule is CCCCc1cc(C)c(Br)c(C)c1.CS(=O)(=O)Cl.Cc1cc(CCCO)cc(C)c1Br. The summed E-state index contributed by atoms with van der Waals surface area (Å²) in [5.74, 6) is 0. The molecule has 0 fully saturated rings. The van der Waals surface area contributed by atoms with Crippen LogP contribution in [-0.2, 0) is 21.9 Å². The first-order valence-corrected chi connectivity index (χ1v) is 14.6. The Morgan fingerprint density at radius 3 is 1.35 bits per heavy atom. The lowest BCUT2D eigenvalue weighted by Crippen LogP contribution is -1.92. The van der Waals surface area contributed by atoms with Gasteiger partial charge in [-0.05, 0) is 86.8 Å². The summed E-state index contributed by atoms with van der Waals surface area (Å²) in [6.07, 6.45) is 6.51. The summed E-state index contributed by atoms with van der Waals surface area (Å²) in [5, 5.41) is 8.71. The number of halogens is 3. The largest absolute Gasteiger partial charge is 0.396 e. The van der Waals surface area contributed by atoms with Crippen molar-refractivity contribution in [1.29, 1.82) is 0 Å². The normalized spacial score (nSPS) is 10.6. The summed E-state index contributed by atoms with van der Waals surface area (Å²) in [7, 11) is 1.31. The van der Waals surface area contributed by atoms with E-state index in [0.29, 0.717) is 0 Å². The molecule has 0 bridgehead atoms. The Balaban J connectivity index is 0.000000479. The fourth-order valence-corrected chi connectivity index (χ4v) is 3.48. The molecule has 0 radical (unpaired) electrons. The number of aliphatic hydroxyl groups is 1. The minimum atomic E-state index is -3.19. The molecule has 0 saturated heterocycles. The molecule has 0 unspecified atom stereocenters. The van der Waals surface area contributed by atoms with Gasteiger partial charge in [-0.15, -0.1) is 0 Å². The van der Waals surface area contributed by atoms with Crippen molar-refractivity contribution in [3.63, 3.8) is 0 Å². The molecular weight excluding hydrogens is 564 g/mol. The van der Waals surface area contributed by atoms with Crippen LogP contribution >= 0.6 is 42.5 Å². The van der Waals surface area contributed by atoms with Crippen LogP contribution in [0.3, 0.4) is 0 Å². The molecule has 2 aromatic rings. The van der Waals surface area contributed by atoms with E-state index in [1.165, 1.54) is 61.6 Å². The third-order valence-corrected chi connectivity index (χ3v) is 6.94. The van der Waals surface area contributed by atoms with Crippen molar-refractivity contribution in [1.82, 2.24) is 0 Å². The van der Waals surface area contributed by atoms with Crippen LogP contribution in [0, 0.1) is 27.7 Å². The van der Waals surface area contributed by atoms with Crippen molar-refractivity contribution in [3.8, 4) is 0 Å². The molecule has 3 nitrogen and oxygen atoms in total. The number of unbranched alkanes of at least 4 members (excludes halogenated alkanes) is 1. The Morgan fingerprint density at radius 1 is 0.806 bits per heavy atom. The Bertz CT molecular complexity index is 813. The molecule has 0 aliphatic carbocycles. The number of aliphatic hydroxyl groups excluding tert-OH is 1. The lowest BCUT2D eigenvalue weighted by molar-refractivity contribution is 0.288. The van der Waals surface area contributed by atoms with Crippen molar-refractivity contribution in [2.45, 2.75) is 66.7 Å². The van der Waals surface area contributed by atoms with E-state index in [9.17, 15) is 8.42 Å². The van der Waals surface area contributed by atoms with Gasteiger partial charge in [0.25, 0.3) is 0 Å². The van der Waals surface area contributed by atoms with Gasteiger partial charge in [0.1, 0.15) is 0 Å². The second-order valence-electron chi connectivity index (χ2n) is 7.70. The molecule has 0 spiro atoms. The smallest absolute Gasteiger partial charge is 0.229 e. The Morgan fingerprint density at radius 2 is 1.10 bits per heavy atom. The van der Waals surface area contributed by atoms with E-state index in [4.69, 9.17) is 5.11 Å². The van der Waals surface area contributed by atoms with Gasteiger partial charge in [-0.2, -0.15) is 0 Å². The highest BCUT2D eigenvalue weighted by molar-refractivity contribution is 9.10. The monoisotopic (exact) mass is 596 g/mol. The highest BCUT2D eigenvalue weighted by Crippen LogP contribution is 2.24. The Hall–Kier alpha value is -0.400. The van der Waals surface area contributed by atoms with Gasteiger partial charge in [-0.3, -0.25) is 0 Å². The minimum Gasteiger partial charge on any atom is -0.396 e. The molecule has 176 valence electrons. The number of benzene rings is 2. The quantitative estimate of drug-likeness (QED) is 0.349. The lowest BCUT2D eigenvalue weighted by Gasteiger charge is -2.07. The summed E-state index contributed by atoms with van der Waals surface area (Å²) < 4.78 is 21.2. The number of hydrogen-bond acceptors (Lipinski definition) is 3. The van der Waals surface area contributed by atoms with Crippen LogP contribution in [0.2, 0.25) is 0 Å². The molecule has 7 heteroatoms. The Kier molecular flexibility index (Phi) is 15.2. The zero-order valence-electron chi connectivity index (χ0n) is 19.4. The standard InChI is InChI=1S/C12H17Br.C11H15BrO.CH3ClO2S/c1-4-5-6-11-7-9(2)12(13)10(3)8-11;1-8-6-10(4-3-5-13)7-9(2)11(8)12;1-5(2,3)4/h7-8H,4-6H2,1-3H3;6-7,13H,3-5H2,1-2H3;1H3. The van der Waals surface area contributed by atoms with Crippen LogP contribution in [-0.4, -0.2) is 26.4 Å². The van der Waals surface area contributed by atoms with Crippen molar-refractivity contribution in [2.75, 3.05) is 12.9 Å². The maximum absolute atomic E-state index is 9.40. The van der Waals surface area contributed by atoms with Gasteiger partial charge >= 0.3 is 0 Å². The predicted octanol–water partition coefficient (Wildman–Crippen LogP) is 7.58. The van der Waals surface area contributed by atoms with Crippen molar-refractivity contribution in [2.24, 2.45) is 0 Å². The molecule has 0 aliphatic heterocycles. The number of aryl methyl sites for hydroxylation is 6. The van der Waals surface area contributed by atoms with Crippen LogP contribution in [0.25, 0.3) is 0 Å². The molecule has 0 heterocycles. The number of rotatable bonds is 6. The summed E-state index contributed by atoms with van der Waals surface area (Å²) in [6.45, 7) is 11.0. The fraction of sp³-hybridized carbons (Fsp3) is 0.500. The third-order valence-electron chi connectivity index (χ3n) is 4.44. The predicted molar refractivity (Wildman–Crippen MR) is 142 cm³/mol. The van der Waals surface area contributed by atoms with Crippen molar-refractivity contribution in [3.05, 3.63) is 66.6 Å². The first-order valence-electron chi connectivity index (χ1n) is 10.3. The van der Waals surface area contributed by atoms with E-state index < -0.39 is 9.05 Å². The zero-order valence-corrected chi connectivity index (χ0v) is 24.1. The van der Waals surface area contributed by atoms with E-state index in [2.05, 4.69) is 101 Å². The maximum atomic E-state index is 9.40. The van der Waals surface area contributed by atoms with E-state index >= 15 is 0 Å². The molecule has 0 aliphatic rings. The van der Waals surface area contributed by atoms with E-state index in [1.54, 1.807) is 0 Å². The Labute approximate surface area is 210 Å². The lowest BCUT2D eigenvalue weighted by atomic mass is 10.0. The molecule has 2 aromatic carbocycles. The van der Waals surface area contributed by atoms with E-state index in [-0.39, 0.29) is 6.61 Å². The van der Waals surface area contributed by atoms with Crippen molar-refractivity contribution < 1.29 is 13.5 Å². The highest BCUT2D eigenvalue weighted by Gasteiger charge is 2.02. The topological polar surface area (TPSA) is 54.4 Å². The van der Waals surface area contributed by atoms with E-state index in [0.717, 1.165) is 19.1 Å². The maximum Gasteiger partial charge on any atom is 0.229 e. The molecule has 1 N–H and O–H groups in total. The van der Waals surface area contributed by atoms with Crippen LogP contribution in [0.5, 0.6) is 0 Å². The van der Waals surface area contributed by atoms with Gasteiger partial charge in [-0.25, -0.2) is 8.42 Å². The zero-order chi connectivity index (χ0) is 24.2. The molecule has 31 heavy (non-hydrogen) atoms. The molecule has 0 saturated carbocycles. The number of hydrogen-bond donors (Lipinski definition) is 1. The van der Waals surface area contributed by atoms with E-state index in [1.807, 2.05) is 0 Å². The summed E-state index contributed by atoms with van der Waals surface area (Å²) in [4.78, 5) is 0. The molecule has 0 atom stereocenters. The average molecular weight is 599 g/mol. The van der Waals surface area contributed by atoms with Crippen LogP contribution in [0.15, 0.2) is 33.2 Å². The van der Waals surface area contributed by atoms with Crippen LogP contribution in [0.4, 0.5) is 0 Å². The van der Waals surface area contributed by atoms with Crippen LogP contribution < -0.4 is 0 Å². The fourth-order valence-electron chi connectivity index (χ4n) is 3.02. The molecule has 2 rings (SSSR count). The summed E-state index contributed by atoms with van der Waals surface area (Å²) >= 11 is 7.11. The summed E-state index contributed by atoms with van der Waals surface area (Å²) in [5.41, 5.74) is 8.03. The van der Waals surface area contributed by atoms with Crippen LogP contribution in [0.1, 0.15) is 59.6 Å². The molecule has 0 aromatic heterocycles. The van der Waals surface area contributed by atoms with Crippen molar-refractivity contribution >= 4 is 51.6 Å². The average Bonchev–Trinajstić information content (AvgIpc) is 2.66. The minimum absolute atomic E-state index is 0.272. The third kappa shape index (κ3) is 14.4. The molecular formula is C24H35Br2ClO3S.